The van der Waals surface area contributed by atoms with E-state index in [1.807, 2.05) is 0 Å². The van der Waals surface area contributed by atoms with Gasteiger partial charge in [0.25, 0.3) is 5.56 Å². The van der Waals surface area contributed by atoms with Gasteiger partial charge in [-0.2, -0.15) is 4.98 Å². The van der Waals surface area contributed by atoms with E-state index in [1.54, 1.807) is 6.92 Å². The number of aromatic amines is 1. The number of nitrogens with two attached hydrogens (primary N) is 1. The molecule has 1 aliphatic heterocycles. The molecule has 11 nitrogen and oxygen atoms in total. The number of alkyl halides is 1. The van der Waals surface area contributed by atoms with Gasteiger partial charge in [0.2, 0.25) is 5.95 Å². The van der Waals surface area contributed by atoms with E-state index in [0.29, 0.717) is 0 Å². The van der Waals surface area contributed by atoms with E-state index < -0.39 is 29.8 Å². The highest BCUT2D eigenvalue weighted by atomic mass is 19.1. The fourth-order valence-electron chi connectivity index (χ4n) is 2.61. The first-order valence-corrected chi connectivity index (χ1v) is 6.72. The maximum absolute atomic E-state index is 14.5. The number of aromatic nitrogens is 4. The molecular weight excluding hydrogens is 311 g/mol. The number of aliphatic hydroxyl groups excluding tert-OH is 1. The molecule has 0 radical (unpaired) electrons. The number of H-pyrrole nitrogens is 1. The van der Waals surface area contributed by atoms with Gasteiger partial charge >= 0.3 is 0 Å². The molecule has 23 heavy (non-hydrogen) atoms. The Morgan fingerprint density at radius 3 is 3.13 bits per heavy atom. The molecule has 1 fully saturated rings. The topological polar surface area (TPSA) is 168 Å². The van der Waals surface area contributed by atoms with Crippen LogP contribution < -0.4 is 11.3 Å². The van der Waals surface area contributed by atoms with Crippen molar-refractivity contribution in [3.8, 4) is 0 Å². The molecule has 4 atom stereocenters. The van der Waals surface area contributed by atoms with E-state index in [1.165, 1.54) is 0 Å². The minimum atomic E-state index is -1.92. The van der Waals surface area contributed by atoms with Crippen LogP contribution in [0.4, 0.5) is 10.3 Å². The Morgan fingerprint density at radius 2 is 2.48 bits per heavy atom. The lowest BCUT2D eigenvalue weighted by atomic mass is 10.0. The average Bonchev–Trinajstić information content (AvgIpc) is 3.03. The van der Waals surface area contributed by atoms with Crippen LogP contribution in [0.3, 0.4) is 0 Å². The van der Waals surface area contributed by atoms with Crippen LogP contribution >= 0.6 is 0 Å². The number of nitrogens with one attached hydrogen (secondary N) is 1. The van der Waals surface area contributed by atoms with E-state index in [4.69, 9.17) is 16.0 Å². The van der Waals surface area contributed by atoms with E-state index in [9.17, 15) is 14.3 Å². The second kappa shape index (κ2) is 5.19. The molecule has 0 saturated carbocycles. The largest absolute Gasteiger partial charge is 0.387 e. The van der Waals surface area contributed by atoms with E-state index in [-0.39, 0.29) is 23.5 Å². The molecule has 0 amide bonds. The SMILES string of the molecule is CC[C@@]1(N=[N+]=[N-])O[C@@H](n2cnc3c(=O)[nH]c(N)nc32)[C@H](F)[C@@H]1O. The van der Waals surface area contributed by atoms with Gasteiger partial charge < -0.3 is 15.6 Å². The minimum absolute atomic E-state index is 0.000981. The first-order chi connectivity index (χ1) is 10.9. The third-order valence-electron chi connectivity index (χ3n) is 3.81. The third kappa shape index (κ3) is 2.11. The predicted molar refractivity (Wildman–Crippen MR) is 75.8 cm³/mol. The van der Waals surface area contributed by atoms with Gasteiger partial charge in [0.05, 0.1) is 6.33 Å². The van der Waals surface area contributed by atoms with E-state index in [2.05, 4.69) is 25.0 Å². The first-order valence-electron chi connectivity index (χ1n) is 6.72. The number of nitrogen functional groups attached to an aromatic ring is 1. The molecular formula is C11H13FN8O3. The van der Waals surface area contributed by atoms with Crippen LogP contribution in [-0.4, -0.2) is 42.6 Å². The molecule has 4 N–H and O–H groups in total. The molecule has 0 unspecified atom stereocenters. The summed E-state index contributed by atoms with van der Waals surface area (Å²) < 4.78 is 21.1. The van der Waals surface area contributed by atoms with Gasteiger partial charge in [-0.15, -0.1) is 0 Å². The van der Waals surface area contributed by atoms with Crippen LogP contribution in [0.5, 0.6) is 0 Å². The normalized spacial score (nSPS) is 30.5. The Kier molecular flexibility index (Phi) is 3.43. The number of halogens is 1. The third-order valence-corrected chi connectivity index (χ3v) is 3.81. The van der Waals surface area contributed by atoms with Gasteiger partial charge in [0, 0.05) is 4.91 Å². The zero-order valence-corrected chi connectivity index (χ0v) is 11.9. The zero-order valence-electron chi connectivity index (χ0n) is 11.9. The number of imidazole rings is 1. The summed E-state index contributed by atoms with van der Waals surface area (Å²) >= 11 is 0. The van der Waals surface area contributed by atoms with Crippen molar-refractivity contribution < 1.29 is 14.2 Å². The minimum Gasteiger partial charge on any atom is -0.387 e. The fraction of sp³-hybridized carbons (Fsp3) is 0.545. The van der Waals surface area contributed by atoms with Crippen molar-refractivity contribution in [3.05, 3.63) is 27.1 Å². The summed E-state index contributed by atoms with van der Waals surface area (Å²) in [4.78, 5) is 24.4. The summed E-state index contributed by atoms with van der Waals surface area (Å²) in [5, 5.41) is 13.5. The van der Waals surface area contributed by atoms with Gasteiger partial charge in [0.1, 0.15) is 6.10 Å². The predicted octanol–water partition coefficient (Wildman–Crippen LogP) is 0.346. The number of anilines is 1. The number of rotatable bonds is 3. The highest BCUT2D eigenvalue weighted by Crippen LogP contribution is 2.42. The van der Waals surface area contributed by atoms with Crippen molar-refractivity contribution in [2.45, 2.75) is 37.6 Å². The average molecular weight is 324 g/mol. The fourth-order valence-corrected chi connectivity index (χ4v) is 2.61. The monoisotopic (exact) mass is 324 g/mol. The molecule has 0 aliphatic carbocycles. The lowest BCUT2D eigenvalue weighted by Gasteiger charge is -2.24. The Bertz CT molecular complexity index is 859. The van der Waals surface area contributed by atoms with Crippen molar-refractivity contribution in [1.29, 1.82) is 0 Å². The first kappa shape index (κ1) is 15.2. The van der Waals surface area contributed by atoms with Crippen molar-refractivity contribution in [2.24, 2.45) is 5.11 Å². The molecule has 1 saturated heterocycles. The second-order valence-corrected chi connectivity index (χ2v) is 5.06. The quantitative estimate of drug-likeness (QED) is 0.418. The van der Waals surface area contributed by atoms with Crippen LogP contribution in [0.15, 0.2) is 16.2 Å². The Labute approximate surface area is 127 Å². The van der Waals surface area contributed by atoms with E-state index >= 15 is 0 Å². The van der Waals surface area contributed by atoms with Gasteiger partial charge in [-0.05, 0) is 12.0 Å². The molecule has 122 valence electrons. The van der Waals surface area contributed by atoms with Crippen LogP contribution in [0.2, 0.25) is 0 Å². The molecule has 0 bridgehead atoms. The summed E-state index contributed by atoms with van der Waals surface area (Å²) in [5.74, 6) is -0.171. The molecule has 3 rings (SSSR count). The Balaban J connectivity index is 2.13. The smallest absolute Gasteiger partial charge is 0.280 e. The molecule has 0 spiro atoms. The van der Waals surface area contributed by atoms with Gasteiger partial charge in [-0.3, -0.25) is 14.3 Å². The molecule has 2 aromatic heterocycles. The molecule has 3 heterocycles. The standard InChI is InChI=1S/C11H13FN8O3/c1-2-11(18-19-14)6(21)4(12)9(23-11)20-3-15-5-7(20)16-10(13)17-8(5)22/h3-4,6,9,21H,2H2,1H3,(H3,13,16,17,22)/t4-,6+,9-,11-/m1/s1. The number of fused-ring (bicyclic) bond motifs is 1. The van der Waals surface area contributed by atoms with Crippen molar-refractivity contribution >= 4 is 17.1 Å². The molecule has 0 aromatic carbocycles. The maximum Gasteiger partial charge on any atom is 0.280 e. The highest BCUT2D eigenvalue weighted by molar-refractivity contribution is 5.70. The molecule has 2 aromatic rings. The Hall–Kier alpha value is -2.69. The van der Waals surface area contributed by atoms with Crippen LogP contribution in [0.1, 0.15) is 19.6 Å². The lowest BCUT2D eigenvalue weighted by Crippen LogP contribution is -2.39. The molecule has 1 aliphatic rings. The number of azide groups is 1. The van der Waals surface area contributed by atoms with Crippen molar-refractivity contribution in [3.63, 3.8) is 0 Å². The van der Waals surface area contributed by atoms with Gasteiger partial charge in [0.15, 0.2) is 29.3 Å². The summed E-state index contributed by atoms with van der Waals surface area (Å²) in [6, 6.07) is 0. The Morgan fingerprint density at radius 1 is 1.74 bits per heavy atom. The number of aliphatic hydroxyl groups is 1. The van der Waals surface area contributed by atoms with Crippen molar-refractivity contribution in [2.75, 3.05) is 5.73 Å². The maximum atomic E-state index is 14.5. The van der Waals surface area contributed by atoms with Crippen LogP contribution in [-0.2, 0) is 4.74 Å². The van der Waals surface area contributed by atoms with Gasteiger partial charge in [-0.1, -0.05) is 12.0 Å². The van der Waals surface area contributed by atoms with Crippen LogP contribution in [0, 0.1) is 0 Å². The zero-order chi connectivity index (χ0) is 16.8. The van der Waals surface area contributed by atoms with Gasteiger partial charge in [-0.25, -0.2) is 9.37 Å². The summed E-state index contributed by atoms with van der Waals surface area (Å²) in [5.41, 5.74) is 11.7. The van der Waals surface area contributed by atoms with Crippen LogP contribution in [0.25, 0.3) is 21.6 Å². The summed E-state index contributed by atoms with van der Waals surface area (Å²) in [7, 11) is 0. The number of hydrogen-bond acceptors (Lipinski definition) is 7. The number of ether oxygens (including phenoxy) is 1. The number of nitrogens with zero attached hydrogens (tertiary/aromatic N) is 6. The summed E-state index contributed by atoms with van der Waals surface area (Å²) in [6.45, 7) is 1.58. The summed E-state index contributed by atoms with van der Waals surface area (Å²) in [6.07, 6.45) is -3.75. The van der Waals surface area contributed by atoms with E-state index in [0.717, 1.165) is 10.9 Å². The number of hydrogen-bond donors (Lipinski definition) is 3. The molecule has 12 heteroatoms. The second-order valence-electron chi connectivity index (χ2n) is 5.06. The highest BCUT2D eigenvalue weighted by Gasteiger charge is 2.55. The van der Waals surface area contributed by atoms with Crippen molar-refractivity contribution in [1.82, 2.24) is 19.5 Å². The lowest BCUT2D eigenvalue weighted by molar-refractivity contribution is -0.0996.